The highest BCUT2D eigenvalue weighted by Crippen LogP contribution is 2.18. The molecule has 8 nitrogen and oxygen atoms in total. The zero-order valence-electron chi connectivity index (χ0n) is 14.8. The number of carbonyl (C=O) groups excluding carboxylic acids is 3. The van der Waals surface area contributed by atoms with Crippen molar-refractivity contribution in [1.29, 1.82) is 0 Å². The highest BCUT2D eigenvalue weighted by atomic mass is 16.6. The first-order valence-corrected chi connectivity index (χ1v) is 7.26. The maximum Gasteiger partial charge on any atom is 0.420 e. The first kappa shape index (κ1) is 21.2. The van der Waals surface area contributed by atoms with Crippen LogP contribution in [0.2, 0.25) is 0 Å². The predicted molar refractivity (Wildman–Crippen MR) is 81.8 cm³/mol. The van der Waals surface area contributed by atoms with Crippen molar-refractivity contribution in [3.63, 3.8) is 0 Å². The minimum absolute atomic E-state index is 0.189. The molecule has 1 N–H and O–H groups in total. The van der Waals surface area contributed by atoms with Crippen LogP contribution < -0.4 is 0 Å². The second-order valence-corrected chi connectivity index (χ2v) is 6.88. The predicted octanol–water partition coefficient (Wildman–Crippen LogP) is 2.08. The first-order valence-electron chi connectivity index (χ1n) is 7.26. The standard InChI is InChI=1S/C15H27NO7/c1-14(2,3)22-12(19)16(13(20)23-15(4,5)6)10(8-9-17)11(18)21-7/h10,17H,8-9H2,1-7H3/t10-/m0/s1. The fraction of sp³-hybridized carbons (Fsp3) is 0.800. The monoisotopic (exact) mass is 333 g/mol. The van der Waals surface area contributed by atoms with Crippen LogP contribution in [0, 0.1) is 0 Å². The number of nitrogens with zero attached hydrogens (tertiary/aromatic N) is 1. The van der Waals surface area contributed by atoms with E-state index >= 15 is 0 Å². The van der Waals surface area contributed by atoms with E-state index in [1.54, 1.807) is 41.5 Å². The third kappa shape index (κ3) is 7.83. The highest BCUT2D eigenvalue weighted by Gasteiger charge is 2.40. The summed E-state index contributed by atoms with van der Waals surface area (Å²) in [6, 6.07) is -1.34. The van der Waals surface area contributed by atoms with E-state index in [2.05, 4.69) is 4.74 Å². The fourth-order valence-corrected chi connectivity index (χ4v) is 1.56. The Morgan fingerprint density at radius 3 is 1.61 bits per heavy atom. The Bertz CT molecular complexity index is 406. The van der Waals surface area contributed by atoms with Gasteiger partial charge in [0.2, 0.25) is 0 Å². The molecular formula is C15H27NO7. The van der Waals surface area contributed by atoms with Crippen molar-refractivity contribution in [1.82, 2.24) is 4.90 Å². The molecule has 0 radical (unpaired) electrons. The van der Waals surface area contributed by atoms with Crippen molar-refractivity contribution in [2.45, 2.75) is 65.2 Å². The van der Waals surface area contributed by atoms with Crippen LogP contribution >= 0.6 is 0 Å². The van der Waals surface area contributed by atoms with Crippen LogP contribution in [0.5, 0.6) is 0 Å². The molecule has 2 amide bonds. The van der Waals surface area contributed by atoms with Crippen molar-refractivity contribution in [3.05, 3.63) is 0 Å². The van der Waals surface area contributed by atoms with Crippen molar-refractivity contribution in [3.8, 4) is 0 Å². The summed E-state index contributed by atoms with van der Waals surface area (Å²) in [7, 11) is 1.12. The number of methoxy groups -OCH3 is 1. The molecule has 0 unspecified atom stereocenters. The molecule has 0 saturated carbocycles. The maximum atomic E-state index is 12.3. The maximum absolute atomic E-state index is 12.3. The lowest BCUT2D eigenvalue weighted by molar-refractivity contribution is -0.147. The van der Waals surface area contributed by atoms with E-state index in [4.69, 9.17) is 14.6 Å². The van der Waals surface area contributed by atoms with Gasteiger partial charge in [0.15, 0.2) is 0 Å². The average Bonchev–Trinajstić information content (AvgIpc) is 2.32. The largest absolute Gasteiger partial charge is 0.467 e. The lowest BCUT2D eigenvalue weighted by Crippen LogP contribution is -2.52. The van der Waals surface area contributed by atoms with Gasteiger partial charge in [0.1, 0.15) is 17.2 Å². The number of hydrogen-bond donors (Lipinski definition) is 1. The molecule has 0 fully saturated rings. The third-order valence-electron chi connectivity index (χ3n) is 2.37. The van der Waals surface area contributed by atoms with Gasteiger partial charge in [-0.2, -0.15) is 4.90 Å². The SMILES string of the molecule is COC(=O)[C@H](CCO)N(C(=O)OC(C)(C)C)C(=O)OC(C)(C)C. The van der Waals surface area contributed by atoms with E-state index in [-0.39, 0.29) is 6.42 Å². The summed E-state index contributed by atoms with van der Waals surface area (Å²) in [6.07, 6.45) is -2.28. The van der Waals surface area contributed by atoms with Gasteiger partial charge in [-0.1, -0.05) is 0 Å². The Morgan fingerprint density at radius 1 is 0.957 bits per heavy atom. The van der Waals surface area contributed by atoms with Crippen molar-refractivity contribution >= 4 is 18.2 Å². The first-order chi connectivity index (χ1) is 10.3. The summed E-state index contributed by atoms with van der Waals surface area (Å²) in [6.45, 7) is 9.31. The number of imide groups is 1. The van der Waals surface area contributed by atoms with Crippen LogP contribution in [0.25, 0.3) is 0 Å². The van der Waals surface area contributed by atoms with Crippen LogP contribution in [0.1, 0.15) is 48.0 Å². The Balaban J connectivity index is 5.62. The molecule has 0 aliphatic carbocycles. The van der Waals surface area contributed by atoms with Gasteiger partial charge in [0, 0.05) is 13.0 Å². The van der Waals surface area contributed by atoms with Crippen LogP contribution in [-0.2, 0) is 19.0 Å². The number of aliphatic hydroxyl groups is 1. The molecule has 0 spiro atoms. The molecule has 8 heteroatoms. The van der Waals surface area contributed by atoms with E-state index in [1.807, 2.05) is 0 Å². The van der Waals surface area contributed by atoms with Gasteiger partial charge in [-0.05, 0) is 41.5 Å². The molecule has 0 heterocycles. The smallest absolute Gasteiger partial charge is 0.420 e. The zero-order chi connectivity index (χ0) is 18.4. The number of hydrogen-bond acceptors (Lipinski definition) is 7. The van der Waals surface area contributed by atoms with Crippen molar-refractivity contribution in [2.24, 2.45) is 0 Å². The normalized spacial score (nSPS) is 13.0. The highest BCUT2D eigenvalue weighted by molar-refractivity contribution is 5.94. The van der Waals surface area contributed by atoms with Gasteiger partial charge in [0.05, 0.1) is 7.11 Å². The Morgan fingerprint density at radius 2 is 1.35 bits per heavy atom. The molecule has 23 heavy (non-hydrogen) atoms. The summed E-state index contributed by atoms with van der Waals surface area (Å²) >= 11 is 0. The lowest BCUT2D eigenvalue weighted by atomic mass is 10.2. The summed E-state index contributed by atoms with van der Waals surface area (Å²) in [5.41, 5.74) is -1.76. The summed E-state index contributed by atoms with van der Waals surface area (Å²) in [5.74, 6) is -0.851. The van der Waals surface area contributed by atoms with Crippen molar-refractivity contribution < 1.29 is 33.7 Å². The Kier molecular flexibility index (Phi) is 7.50. The quantitative estimate of drug-likeness (QED) is 0.620. The van der Waals surface area contributed by atoms with Gasteiger partial charge in [-0.15, -0.1) is 0 Å². The molecule has 134 valence electrons. The van der Waals surface area contributed by atoms with Crippen molar-refractivity contribution in [2.75, 3.05) is 13.7 Å². The summed E-state index contributed by atoms with van der Waals surface area (Å²) in [5, 5.41) is 9.12. The number of ether oxygens (including phenoxy) is 3. The lowest BCUT2D eigenvalue weighted by Gasteiger charge is -2.32. The minimum atomic E-state index is -1.34. The van der Waals surface area contributed by atoms with Gasteiger partial charge in [-0.3, -0.25) is 0 Å². The van der Waals surface area contributed by atoms with Gasteiger partial charge in [0.25, 0.3) is 0 Å². The molecule has 0 aromatic carbocycles. The molecule has 0 saturated heterocycles. The second kappa shape index (κ2) is 8.14. The number of esters is 1. The van der Waals surface area contributed by atoms with Crippen LogP contribution in [0.3, 0.4) is 0 Å². The van der Waals surface area contributed by atoms with Crippen LogP contribution in [-0.4, -0.2) is 59.1 Å². The number of carbonyl (C=O) groups is 3. The molecule has 0 aliphatic heterocycles. The second-order valence-electron chi connectivity index (χ2n) is 6.88. The zero-order valence-corrected chi connectivity index (χ0v) is 14.8. The number of aliphatic hydroxyl groups excluding tert-OH is 1. The topological polar surface area (TPSA) is 102 Å². The van der Waals surface area contributed by atoms with Crippen LogP contribution in [0.15, 0.2) is 0 Å². The minimum Gasteiger partial charge on any atom is -0.467 e. The fourth-order valence-electron chi connectivity index (χ4n) is 1.56. The summed E-state index contributed by atoms with van der Waals surface area (Å²) < 4.78 is 14.9. The summed E-state index contributed by atoms with van der Waals surface area (Å²) in [4.78, 5) is 37.1. The molecular weight excluding hydrogens is 306 g/mol. The van der Waals surface area contributed by atoms with Gasteiger partial charge in [-0.25, -0.2) is 14.4 Å². The Labute approximate surface area is 136 Å². The van der Waals surface area contributed by atoms with E-state index in [0.717, 1.165) is 7.11 Å². The van der Waals surface area contributed by atoms with E-state index < -0.39 is 42.0 Å². The molecule has 0 rings (SSSR count). The molecule has 0 aromatic heterocycles. The van der Waals surface area contributed by atoms with Gasteiger partial charge < -0.3 is 19.3 Å². The Hall–Kier alpha value is -1.83. The molecule has 0 aromatic rings. The van der Waals surface area contributed by atoms with E-state index in [1.165, 1.54) is 0 Å². The van der Waals surface area contributed by atoms with Gasteiger partial charge >= 0.3 is 18.2 Å². The number of amides is 2. The molecule has 0 bridgehead atoms. The average molecular weight is 333 g/mol. The third-order valence-corrected chi connectivity index (χ3v) is 2.37. The molecule has 0 aliphatic rings. The van der Waals surface area contributed by atoms with E-state index in [9.17, 15) is 14.4 Å². The number of rotatable bonds is 4. The van der Waals surface area contributed by atoms with Crippen LogP contribution in [0.4, 0.5) is 9.59 Å². The van der Waals surface area contributed by atoms with E-state index in [0.29, 0.717) is 4.90 Å². The molecule has 1 atom stereocenters.